The van der Waals surface area contributed by atoms with Gasteiger partial charge in [-0.1, -0.05) is 24.3 Å². The number of aromatic nitrogens is 1. The highest BCUT2D eigenvalue weighted by Gasteiger charge is 2.45. The van der Waals surface area contributed by atoms with Crippen LogP contribution in [-0.2, 0) is 21.2 Å². The number of pyridine rings is 1. The predicted octanol–water partition coefficient (Wildman–Crippen LogP) is 1.42. The van der Waals surface area contributed by atoms with Crippen molar-refractivity contribution in [2.24, 2.45) is 0 Å². The summed E-state index contributed by atoms with van der Waals surface area (Å²) in [7, 11) is -3.30. The maximum Gasteiger partial charge on any atom is 0.257 e. The number of amides is 1. The van der Waals surface area contributed by atoms with Crippen molar-refractivity contribution in [3.05, 3.63) is 53.7 Å². The van der Waals surface area contributed by atoms with Crippen molar-refractivity contribution in [1.82, 2.24) is 14.8 Å². The van der Waals surface area contributed by atoms with Crippen LogP contribution in [0.2, 0.25) is 0 Å². The average Bonchev–Trinajstić information content (AvgIpc) is 3.33. The minimum atomic E-state index is -3.30. The Labute approximate surface area is 181 Å². The molecule has 2 aromatic rings. The number of piperazine rings is 1. The molecular weight excluding hydrogens is 418 g/mol. The minimum Gasteiger partial charge on any atom is -0.484 e. The molecule has 0 radical (unpaired) electrons. The van der Waals surface area contributed by atoms with Gasteiger partial charge in [0.1, 0.15) is 12.4 Å². The molecule has 9 heteroatoms. The fourth-order valence-electron chi connectivity index (χ4n) is 4.70. The van der Waals surface area contributed by atoms with Crippen LogP contribution in [0.25, 0.3) is 0 Å². The zero-order valence-electron chi connectivity index (χ0n) is 17.3. The summed E-state index contributed by atoms with van der Waals surface area (Å²) in [4.78, 5) is 20.6. The first kappa shape index (κ1) is 20.3. The minimum absolute atomic E-state index is 0.110. The van der Waals surface area contributed by atoms with Crippen LogP contribution in [0, 0.1) is 0 Å². The maximum atomic E-state index is 12.3. The highest BCUT2D eigenvalue weighted by Crippen LogP contribution is 2.35. The molecule has 8 nitrogen and oxygen atoms in total. The van der Waals surface area contributed by atoms with Gasteiger partial charge in [0.25, 0.3) is 5.88 Å². The lowest BCUT2D eigenvalue weighted by molar-refractivity contribution is -0.130. The number of rotatable bonds is 5. The number of nitrogens with zero attached hydrogens (tertiary/aromatic N) is 3. The van der Waals surface area contributed by atoms with Crippen LogP contribution in [0.3, 0.4) is 0 Å². The molecule has 1 unspecified atom stereocenters. The van der Waals surface area contributed by atoms with E-state index in [-0.39, 0.29) is 24.1 Å². The van der Waals surface area contributed by atoms with Gasteiger partial charge >= 0.3 is 0 Å². The van der Waals surface area contributed by atoms with Crippen molar-refractivity contribution >= 4 is 15.7 Å². The normalized spacial score (nSPS) is 25.1. The molecule has 164 valence electrons. The van der Waals surface area contributed by atoms with Crippen LogP contribution in [-0.4, -0.2) is 72.9 Å². The second kappa shape index (κ2) is 7.80. The molecule has 0 N–H and O–H groups in total. The van der Waals surface area contributed by atoms with E-state index in [1.165, 1.54) is 5.56 Å². The number of hydrogen-bond donors (Lipinski definition) is 0. The second-order valence-electron chi connectivity index (χ2n) is 8.55. The Morgan fingerprint density at radius 3 is 2.68 bits per heavy atom. The summed E-state index contributed by atoms with van der Waals surface area (Å²) >= 11 is 0. The van der Waals surface area contributed by atoms with Gasteiger partial charge < -0.3 is 14.4 Å². The van der Waals surface area contributed by atoms with Gasteiger partial charge in [0.05, 0.1) is 0 Å². The molecular formula is C22H25N3O5S. The smallest absolute Gasteiger partial charge is 0.257 e. The van der Waals surface area contributed by atoms with Crippen molar-refractivity contribution in [2.45, 2.75) is 31.2 Å². The second-order valence-corrected chi connectivity index (χ2v) is 10.7. The zero-order valence-corrected chi connectivity index (χ0v) is 18.1. The van der Waals surface area contributed by atoms with Crippen LogP contribution in [0.15, 0.2) is 42.6 Å². The number of fused-ring (bicyclic) bond motifs is 3. The number of sulfone groups is 1. The molecule has 3 aliphatic rings. The van der Waals surface area contributed by atoms with E-state index < -0.39 is 15.6 Å². The summed E-state index contributed by atoms with van der Waals surface area (Å²) in [5.74, 6) is 0.518. The lowest BCUT2D eigenvalue weighted by atomic mass is 10.1. The summed E-state index contributed by atoms with van der Waals surface area (Å²) in [6.45, 7) is 2.65. The first-order chi connectivity index (χ1) is 14.9. The van der Waals surface area contributed by atoms with Gasteiger partial charge in [-0.15, -0.1) is 0 Å². The summed E-state index contributed by atoms with van der Waals surface area (Å²) in [6, 6.07) is 12.4. The van der Waals surface area contributed by atoms with Gasteiger partial charge in [-0.2, -0.15) is 0 Å². The molecule has 4 heterocycles. The van der Waals surface area contributed by atoms with Crippen molar-refractivity contribution < 1.29 is 22.7 Å². The zero-order chi connectivity index (χ0) is 21.6. The fourth-order valence-corrected chi connectivity index (χ4v) is 5.32. The Morgan fingerprint density at radius 2 is 1.97 bits per heavy atom. The third kappa shape index (κ3) is 4.24. The molecule has 0 saturated carbocycles. The van der Waals surface area contributed by atoms with Gasteiger partial charge in [-0.25, -0.2) is 13.4 Å². The largest absolute Gasteiger partial charge is 0.484 e. The van der Waals surface area contributed by atoms with Gasteiger partial charge in [-0.05, 0) is 29.7 Å². The molecule has 1 aromatic carbocycles. The molecule has 1 aromatic heterocycles. The topological polar surface area (TPSA) is 89.0 Å². The standard InChI is InChI=1S/C22H25N3O5S/c1-31(27,28)14-21(26)25-12-17-9-18(25)11-24(17)10-15-4-6-16(7-5-15)20-13-29-19-3-2-8-23-22(19)30-20/h2-8,17-18,20H,9-14H2,1H3/t17?,18-,20+/m0/s1. The third-order valence-corrected chi connectivity index (χ3v) is 6.95. The fraction of sp³-hybridized carbons (Fsp3) is 0.455. The first-order valence-electron chi connectivity index (χ1n) is 10.4. The molecule has 3 aliphatic heterocycles. The summed E-state index contributed by atoms with van der Waals surface area (Å²) in [5, 5.41) is 0. The van der Waals surface area contributed by atoms with E-state index in [2.05, 4.69) is 34.1 Å². The highest BCUT2D eigenvalue weighted by molar-refractivity contribution is 7.91. The quantitative estimate of drug-likeness (QED) is 0.691. The van der Waals surface area contributed by atoms with E-state index in [1.54, 1.807) is 11.1 Å². The third-order valence-electron chi connectivity index (χ3n) is 6.18. The van der Waals surface area contributed by atoms with E-state index in [4.69, 9.17) is 9.47 Å². The van der Waals surface area contributed by atoms with Crippen molar-refractivity contribution in [3.63, 3.8) is 0 Å². The van der Waals surface area contributed by atoms with Crippen LogP contribution >= 0.6 is 0 Å². The molecule has 3 atom stereocenters. The Balaban J connectivity index is 1.18. The number of benzene rings is 1. The Morgan fingerprint density at radius 1 is 1.16 bits per heavy atom. The average molecular weight is 444 g/mol. The SMILES string of the molecule is CS(=O)(=O)CC(=O)N1CC2C[C@H]1CN2Cc1ccc([C@H]2COc3cccnc3O2)cc1. The molecule has 5 rings (SSSR count). The molecule has 1 amide bonds. The van der Waals surface area contributed by atoms with Gasteiger partial charge in [-0.3, -0.25) is 9.69 Å². The molecule has 0 aliphatic carbocycles. The highest BCUT2D eigenvalue weighted by atomic mass is 32.2. The summed E-state index contributed by atoms with van der Waals surface area (Å²) < 4.78 is 34.6. The molecule has 31 heavy (non-hydrogen) atoms. The summed E-state index contributed by atoms with van der Waals surface area (Å²) in [6.07, 6.45) is 3.52. The van der Waals surface area contributed by atoms with E-state index >= 15 is 0 Å². The monoisotopic (exact) mass is 443 g/mol. The molecule has 2 bridgehead atoms. The number of carbonyl (C=O) groups excluding carboxylic acids is 1. The molecule has 2 fully saturated rings. The number of carbonyl (C=O) groups is 1. The van der Waals surface area contributed by atoms with Crippen LogP contribution in [0.4, 0.5) is 0 Å². The van der Waals surface area contributed by atoms with Crippen LogP contribution in [0.5, 0.6) is 11.6 Å². The first-order valence-corrected chi connectivity index (χ1v) is 12.5. The van der Waals surface area contributed by atoms with Crippen molar-refractivity contribution in [2.75, 3.05) is 31.7 Å². The van der Waals surface area contributed by atoms with Gasteiger partial charge in [0.15, 0.2) is 21.7 Å². The van der Waals surface area contributed by atoms with Gasteiger partial charge in [0.2, 0.25) is 5.91 Å². The van der Waals surface area contributed by atoms with Crippen LogP contribution < -0.4 is 9.47 Å². The lowest BCUT2D eigenvalue weighted by Crippen LogP contribution is -2.49. The molecule has 0 spiro atoms. The van der Waals surface area contributed by atoms with E-state index in [0.717, 1.165) is 31.3 Å². The van der Waals surface area contributed by atoms with Crippen molar-refractivity contribution in [3.8, 4) is 11.6 Å². The van der Waals surface area contributed by atoms with Gasteiger partial charge in [0, 0.05) is 44.2 Å². The Bertz CT molecular complexity index is 1090. The van der Waals surface area contributed by atoms with E-state index in [1.807, 2.05) is 12.1 Å². The predicted molar refractivity (Wildman–Crippen MR) is 114 cm³/mol. The lowest BCUT2D eigenvalue weighted by Gasteiger charge is -2.34. The van der Waals surface area contributed by atoms with E-state index in [9.17, 15) is 13.2 Å². The number of hydrogen-bond acceptors (Lipinski definition) is 7. The summed E-state index contributed by atoms with van der Waals surface area (Å²) in [5.41, 5.74) is 2.24. The van der Waals surface area contributed by atoms with Crippen molar-refractivity contribution in [1.29, 1.82) is 0 Å². The maximum absolute atomic E-state index is 12.3. The number of likely N-dealkylation sites (tertiary alicyclic amines) is 2. The van der Waals surface area contributed by atoms with E-state index in [0.29, 0.717) is 24.8 Å². The Kier molecular flexibility index (Phi) is 5.10. The van der Waals surface area contributed by atoms with Crippen LogP contribution in [0.1, 0.15) is 23.7 Å². The Hall–Kier alpha value is -2.65. The number of ether oxygens (including phenoxy) is 2. The molecule has 2 saturated heterocycles.